The summed E-state index contributed by atoms with van der Waals surface area (Å²) in [5.74, 6) is 0. The smallest absolute Gasteiger partial charge is 0.0615 e. The summed E-state index contributed by atoms with van der Waals surface area (Å²) < 4.78 is 0. The Morgan fingerprint density at radius 2 is 2.43 bits per heavy atom. The highest BCUT2D eigenvalue weighted by Gasteiger charge is 1.71. The van der Waals surface area contributed by atoms with Crippen molar-refractivity contribution in [1.29, 1.82) is 0 Å². The Kier molecular flexibility index (Phi) is 3.75. The van der Waals surface area contributed by atoms with E-state index in [4.69, 9.17) is 16.7 Å². The van der Waals surface area contributed by atoms with E-state index in [2.05, 4.69) is 6.58 Å². The molecule has 0 heterocycles. The van der Waals surface area contributed by atoms with E-state index in [9.17, 15) is 0 Å². The van der Waals surface area contributed by atoms with Gasteiger partial charge in [0.2, 0.25) is 0 Å². The maximum Gasteiger partial charge on any atom is 0.0615 e. The first kappa shape index (κ1) is 6.73. The molecule has 0 fully saturated rings. The van der Waals surface area contributed by atoms with Gasteiger partial charge < -0.3 is 5.11 Å². The lowest BCUT2D eigenvalue weighted by atomic mass is 10.5. The number of allylic oxidation sites excluding steroid dienone is 2. The molecule has 40 valence electrons. The Labute approximate surface area is 47.9 Å². The van der Waals surface area contributed by atoms with Crippen LogP contribution in [0, 0.1) is 0 Å². The van der Waals surface area contributed by atoms with Gasteiger partial charge in [0, 0.05) is 5.03 Å². The topological polar surface area (TPSA) is 20.2 Å². The predicted molar refractivity (Wildman–Crippen MR) is 31.2 cm³/mol. The molecular formula is C5H7ClO. The molecule has 0 saturated heterocycles. The van der Waals surface area contributed by atoms with E-state index in [1.165, 1.54) is 6.08 Å². The highest BCUT2D eigenvalue weighted by atomic mass is 35.5. The molecule has 0 aromatic heterocycles. The van der Waals surface area contributed by atoms with E-state index in [1.807, 2.05) is 0 Å². The molecule has 1 N–H and O–H groups in total. The summed E-state index contributed by atoms with van der Waals surface area (Å²) in [5.41, 5.74) is 0. The zero-order chi connectivity index (χ0) is 5.70. The lowest BCUT2D eigenvalue weighted by Crippen LogP contribution is -1.68. The molecule has 0 spiro atoms. The minimum atomic E-state index is 0.0196. The molecule has 0 amide bonds. The Morgan fingerprint density at radius 1 is 1.86 bits per heavy atom. The molecule has 7 heavy (non-hydrogen) atoms. The molecule has 0 bridgehead atoms. The van der Waals surface area contributed by atoms with E-state index in [0.717, 1.165) is 0 Å². The van der Waals surface area contributed by atoms with Crippen LogP contribution in [0.1, 0.15) is 0 Å². The number of aliphatic hydroxyl groups excluding tert-OH is 1. The lowest BCUT2D eigenvalue weighted by Gasteiger charge is -1.77. The second-order valence-electron chi connectivity index (χ2n) is 1.03. The van der Waals surface area contributed by atoms with Crippen molar-refractivity contribution in [2.45, 2.75) is 0 Å². The molecule has 0 saturated carbocycles. The van der Waals surface area contributed by atoms with Crippen molar-refractivity contribution in [1.82, 2.24) is 0 Å². The zero-order valence-corrected chi connectivity index (χ0v) is 4.65. The fourth-order valence-electron chi connectivity index (χ4n) is 0.181. The van der Waals surface area contributed by atoms with Crippen LogP contribution in [0.5, 0.6) is 0 Å². The molecule has 0 radical (unpaired) electrons. The molecule has 2 heteroatoms. The first-order valence-electron chi connectivity index (χ1n) is 1.89. The van der Waals surface area contributed by atoms with Crippen LogP contribution in [0.25, 0.3) is 0 Å². The fourth-order valence-corrected chi connectivity index (χ4v) is 0.270. The third kappa shape index (κ3) is 5.73. The maximum atomic E-state index is 8.13. The van der Waals surface area contributed by atoms with Crippen molar-refractivity contribution in [2.24, 2.45) is 0 Å². The highest BCUT2D eigenvalue weighted by molar-refractivity contribution is 6.30. The summed E-state index contributed by atoms with van der Waals surface area (Å²) >= 11 is 5.26. The third-order valence-corrected chi connectivity index (χ3v) is 0.530. The molecule has 0 unspecified atom stereocenters. The zero-order valence-electron chi connectivity index (χ0n) is 3.89. The van der Waals surface area contributed by atoms with Crippen molar-refractivity contribution in [3.8, 4) is 0 Å². The van der Waals surface area contributed by atoms with Gasteiger partial charge in [0.05, 0.1) is 6.61 Å². The van der Waals surface area contributed by atoms with Crippen molar-refractivity contribution < 1.29 is 5.11 Å². The molecule has 0 aliphatic rings. The van der Waals surface area contributed by atoms with Gasteiger partial charge in [0.1, 0.15) is 0 Å². The van der Waals surface area contributed by atoms with Gasteiger partial charge >= 0.3 is 0 Å². The van der Waals surface area contributed by atoms with Gasteiger partial charge in [-0.05, 0) is 6.08 Å². The van der Waals surface area contributed by atoms with Gasteiger partial charge in [-0.25, -0.2) is 0 Å². The van der Waals surface area contributed by atoms with Crippen LogP contribution >= 0.6 is 11.6 Å². The molecule has 0 aromatic rings. The van der Waals surface area contributed by atoms with Crippen LogP contribution in [-0.2, 0) is 0 Å². The van der Waals surface area contributed by atoms with Crippen LogP contribution in [0.3, 0.4) is 0 Å². The Hall–Kier alpha value is -0.270. The first-order chi connectivity index (χ1) is 3.27. The number of hydrogen-bond acceptors (Lipinski definition) is 1. The van der Waals surface area contributed by atoms with Crippen LogP contribution in [0.4, 0.5) is 0 Å². The summed E-state index contributed by atoms with van der Waals surface area (Å²) in [5, 5.41) is 8.57. The van der Waals surface area contributed by atoms with Gasteiger partial charge in [-0.3, -0.25) is 0 Å². The quantitative estimate of drug-likeness (QED) is 0.542. The van der Waals surface area contributed by atoms with Crippen molar-refractivity contribution in [2.75, 3.05) is 6.61 Å². The van der Waals surface area contributed by atoms with E-state index >= 15 is 0 Å². The second-order valence-corrected chi connectivity index (χ2v) is 1.52. The fraction of sp³-hybridized carbons (Fsp3) is 0.200. The van der Waals surface area contributed by atoms with Gasteiger partial charge in [-0.2, -0.15) is 0 Å². The molecule has 0 atom stereocenters. The summed E-state index contributed by atoms with van der Waals surface area (Å²) in [6.07, 6.45) is 3.07. The molecule has 0 aromatic carbocycles. The van der Waals surface area contributed by atoms with Crippen LogP contribution in [0.2, 0.25) is 0 Å². The average Bonchev–Trinajstić information content (AvgIpc) is 1.61. The van der Waals surface area contributed by atoms with Crippen LogP contribution in [0.15, 0.2) is 23.8 Å². The number of halogens is 1. The van der Waals surface area contributed by atoms with Gasteiger partial charge in [-0.15, -0.1) is 0 Å². The summed E-state index contributed by atoms with van der Waals surface area (Å²) in [6, 6.07) is 0. The Balaban J connectivity index is 3.26. The Bertz CT molecular complexity index is 86.1. The van der Waals surface area contributed by atoms with Crippen LogP contribution < -0.4 is 0 Å². The molecule has 0 aliphatic heterocycles. The monoisotopic (exact) mass is 118 g/mol. The van der Waals surface area contributed by atoms with Gasteiger partial charge in [0.25, 0.3) is 0 Å². The van der Waals surface area contributed by atoms with Gasteiger partial charge in [0.15, 0.2) is 0 Å². The van der Waals surface area contributed by atoms with E-state index in [-0.39, 0.29) is 6.61 Å². The molecular weight excluding hydrogens is 112 g/mol. The normalized spacial score (nSPS) is 10.0. The number of aliphatic hydroxyl groups is 1. The number of hydrogen-bond donors (Lipinski definition) is 1. The summed E-state index contributed by atoms with van der Waals surface area (Å²) in [4.78, 5) is 0. The summed E-state index contributed by atoms with van der Waals surface area (Å²) in [6.45, 7) is 3.38. The van der Waals surface area contributed by atoms with E-state index < -0.39 is 0 Å². The average molecular weight is 119 g/mol. The minimum absolute atomic E-state index is 0.0196. The highest BCUT2D eigenvalue weighted by Crippen LogP contribution is 1.95. The number of rotatable bonds is 2. The van der Waals surface area contributed by atoms with Crippen LogP contribution in [-0.4, -0.2) is 11.7 Å². The van der Waals surface area contributed by atoms with E-state index in [1.54, 1.807) is 6.08 Å². The first-order valence-corrected chi connectivity index (χ1v) is 2.27. The lowest BCUT2D eigenvalue weighted by molar-refractivity contribution is 0.342. The molecule has 1 nitrogen and oxygen atoms in total. The Morgan fingerprint density at radius 3 is 2.57 bits per heavy atom. The minimum Gasteiger partial charge on any atom is -0.392 e. The van der Waals surface area contributed by atoms with Crippen molar-refractivity contribution in [3.63, 3.8) is 0 Å². The maximum absolute atomic E-state index is 8.13. The third-order valence-electron chi connectivity index (χ3n) is 0.404. The van der Waals surface area contributed by atoms with E-state index in [0.29, 0.717) is 5.03 Å². The predicted octanol–water partition coefficient (Wildman–Crippen LogP) is 1.29. The molecule has 0 rings (SSSR count). The SMILES string of the molecule is C=C(Cl)/C=C\CO. The summed E-state index contributed by atoms with van der Waals surface area (Å²) in [7, 11) is 0. The largest absolute Gasteiger partial charge is 0.392 e. The second kappa shape index (κ2) is 3.90. The van der Waals surface area contributed by atoms with Crippen molar-refractivity contribution >= 4 is 11.6 Å². The molecule has 0 aliphatic carbocycles. The van der Waals surface area contributed by atoms with Crippen molar-refractivity contribution in [3.05, 3.63) is 23.8 Å². The standard InChI is InChI=1S/C5H7ClO/c1-5(6)3-2-4-7/h2-3,7H,1,4H2/b3-2-. The van der Waals surface area contributed by atoms with Gasteiger partial charge in [-0.1, -0.05) is 24.3 Å².